The van der Waals surface area contributed by atoms with Gasteiger partial charge in [-0.3, -0.25) is 0 Å². The Morgan fingerprint density at radius 3 is 2.56 bits per heavy atom. The van der Waals surface area contributed by atoms with E-state index in [-0.39, 0.29) is 0 Å². The molecule has 1 aliphatic rings. The van der Waals surface area contributed by atoms with Gasteiger partial charge < -0.3 is 5.73 Å². The Hall–Kier alpha value is -1.35. The Labute approximate surface area is 99.1 Å². The molecule has 1 saturated carbocycles. The van der Waals surface area contributed by atoms with Crippen LogP contribution in [-0.4, -0.2) is 4.98 Å². The maximum Gasteiger partial charge on any atom is 0.180 e. The van der Waals surface area contributed by atoms with Gasteiger partial charge in [0.05, 0.1) is 5.69 Å². The lowest BCUT2D eigenvalue weighted by Gasteiger charge is -2.01. The molecule has 0 aliphatic heterocycles. The van der Waals surface area contributed by atoms with Crippen LogP contribution in [0.4, 0.5) is 5.13 Å². The van der Waals surface area contributed by atoms with E-state index in [1.165, 1.54) is 35.3 Å². The predicted octanol–water partition coefficient (Wildman–Crippen LogP) is 3.19. The SMILES string of the molecule is Nc1nc(Cc2ccc(C3CC3)cc2)cs1. The van der Waals surface area contributed by atoms with E-state index in [0.717, 1.165) is 18.0 Å². The highest BCUT2D eigenvalue weighted by Gasteiger charge is 2.22. The van der Waals surface area contributed by atoms with Crippen molar-refractivity contribution < 1.29 is 0 Å². The Balaban J connectivity index is 1.74. The van der Waals surface area contributed by atoms with E-state index >= 15 is 0 Å². The molecule has 3 heteroatoms. The maximum absolute atomic E-state index is 5.61. The van der Waals surface area contributed by atoms with E-state index in [2.05, 4.69) is 29.2 Å². The van der Waals surface area contributed by atoms with Crippen molar-refractivity contribution in [3.8, 4) is 0 Å². The number of nitrogens with zero attached hydrogens (tertiary/aromatic N) is 1. The molecule has 0 amide bonds. The molecule has 1 fully saturated rings. The van der Waals surface area contributed by atoms with Crippen LogP contribution in [0.25, 0.3) is 0 Å². The van der Waals surface area contributed by atoms with Gasteiger partial charge in [-0.15, -0.1) is 11.3 Å². The van der Waals surface area contributed by atoms with Gasteiger partial charge in [-0.2, -0.15) is 0 Å². The summed E-state index contributed by atoms with van der Waals surface area (Å²) in [5.41, 5.74) is 9.48. The average molecular weight is 230 g/mol. The quantitative estimate of drug-likeness (QED) is 0.879. The van der Waals surface area contributed by atoms with E-state index < -0.39 is 0 Å². The molecular formula is C13H14N2S. The highest BCUT2D eigenvalue weighted by molar-refractivity contribution is 7.13. The summed E-state index contributed by atoms with van der Waals surface area (Å²) in [4.78, 5) is 4.27. The zero-order valence-corrected chi connectivity index (χ0v) is 9.83. The smallest absolute Gasteiger partial charge is 0.180 e. The molecule has 0 unspecified atom stereocenters. The van der Waals surface area contributed by atoms with Gasteiger partial charge in [0.1, 0.15) is 0 Å². The summed E-state index contributed by atoms with van der Waals surface area (Å²) in [6, 6.07) is 8.93. The fraction of sp³-hybridized carbons (Fsp3) is 0.308. The fourth-order valence-corrected chi connectivity index (χ4v) is 2.50. The zero-order valence-electron chi connectivity index (χ0n) is 9.02. The number of nitrogen functional groups attached to an aromatic ring is 1. The van der Waals surface area contributed by atoms with Crippen LogP contribution < -0.4 is 5.73 Å². The zero-order chi connectivity index (χ0) is 11.0. The molecule has 0 saturated heterocycles. The number of nitrogens with two attached hydrogens (primary N) is 1. The van der Waals surface area contributed by atoms with Gasteiger partial charge in [0.25, 0.3) is 0 Å². The van der Waals surface area contributed by atoms with Crippen LogP contribution in [0.5, 0.6) is 0 Å². The number of thiazole rings is 1. The van der Waals surface area contributed by atoms with E-state index in [0.29, 0.717) is 5.13 Å². The van der Waals surface area contributed by atoms with Crippen LogP contribution in [0.1, 0.15) is 35.6 Å². The Kier molecular flexibility index (Phi) is 2.40. The van der Waals surface area contributed by atoms with Crippen LogP contribution in [0, 0.1) is 0 Å². The van der Waals surface area contributed by atoms with Crippen molar-refractivity contribution in [2.45, 2.75) is 25.2 Å². The summed E-state index contributed by atoms with van der Waals surface area (Å²) >= 11 is 1.51. The molecule has 0 bridgehead atoms. The first kappa shape index (κ1) is 9.85. The first-order chi connectivity index (χ1) is 7.81. The van der Waals surface area contributed by atoms with Crippen molar-refractivity contribution in [2.75, 3.05) is 5.73 Å². The van der Waals surface area contributed by atoms with Gasteiger partial charge in [0.15, 0.2) is 5.13 Å². The minimum Gasteiger partial charge on any atom is -0.375 e. The first-order valence-corrected chi connectivity index (χ1v) is 6.48. The lowest BCUT2D eigenvalue weighted by atomic mass is 10.1. The van der Waals surface area contributed by atoms with Crippen LogP contribution in [0.15, 0.2) is 29.6 Å². The summed E-state index contributed by atoms with van der Waals surface area (Å²) in [6.45, 7) is 0. The topological polar surface area (TPSA) is 38.9 Å². The van der Waals surface area contributed by atoms with E-state index in [4.69, 9.17) is 5.73 Å². The monoisotopic (exact) mass is 230 g/mol. The van der Waals surface area contributed by atoms with Crippen molar-refractivity contribution >= 4 is 16.5 Å². The van der Waals surface area contributed by atoms with E-state index in [9.17, 15) is 0 Å². The molecule has 2 aromatic rings. The van der Waals surface area contributed by atoms with Gasteiger partial charge in [0.2, 0.25) is 0 Å². The van der Waals surface area contributed by atoms with Gasteiger partial charge in [-0.05, 0) is 29.9 Å². The van der Waals surface area contributed by atoms with Crippen molar-refractivity contribution in [3.63, 3.8) is 0 Å². The van der Waals surface area contributed by atoms with Crippen LogP contribution >= 0.6 is 11.3 Å². The third-order valence-corrected chi connectivity index (χ3v) is 3.71. The molecule has 0 radical (unpaired) electrons. The molecule has 1 aromatic carbocycles. The third-order valence-electron chi connectivity index (χ3n) is 2.98. The van der Waals surface area contributed by atoms with Crippen molar-refractivity contribution in [1.82, 2.24) is 4.98 Å². The molecule has 16 heavy (non-hydrogen) atoms. The summed E-state index contributed by atoms with van der Waals surface area (Å²) in [5, 5.41) is 2.69. The van der Waals surface area contributed by atoms with Crippen LogP contribution in [0.3, 0.4) is 0 Å². The largest absolute Gasteiger partial charge is 0.375 e. The third kappa shape index (κ3) is 2.09. The van der Waals surface area contributed by atoms with E-state index in [1.54, 1.807) is 0 Å². The summed E-state index contributed by atoms with van der Waals surface area (Å²) in [5.74, 6) is 0.837. The second kappa shape index (κ2) is 3.91. The molecular weight excluding hydrogens is 216 g/mol. The standard InChI is InChI=1S/C13H14N2S/c14-13-15-12(8-16-13)7-9-1-3-10(4-2-9)11-5-6-11/h1-4,8,11H,5-7H2,(H2,14,15). The minimum absolute atomic E-state index is 0.657. The molecule has 2 N–H and O–H groups in total. The number of aromatic nitrogens is 1. The highest BCUT2D eigenvalue weighted by atomic mass is 32.1. The second-order valence-electron chi connectivity index (χ2n) is 4.37. The summed E-state index contributed by atoms with van der Waals surface area (Å²) in [6.07, 6.45) is 3.61. The lowest BCUT2D eigenvalue weighted by molar-refractivity contribution is 1.08. The first-order valence-electron chi connectivity index (χ1n) is 5.60. The van der Waals surface area contributed by atoms with Crippen molar-refractivity contribution in [2.24, 2.45) is 0 Å². The molecule has 2 nitrogen and oxygen atoms in total. The van der Waals surface area contributed by atoms with E-state index in [1.807, 2.05) is 5.38 Å². The molecule has 1 heterocycles. The van der Waals surface area contributed by atoms with Crippen LogP contribution in [0.2, 0.25) is 0 Å². The van der Waals surface area contributed by atoms with Gasteiger partial charge in [0, 0.05) is 11.8 Å². The molecule has 0 spiro atoms. The molecule has 1 aliphatic carbocycles. The van der Waals surface area contributed by atoms with Gasteiger partial charge >= 0.3 is 0 Å². The average Bonchev–Trinajstić information content (AvgIpc) is 3.05. The maximum atomic E-state index is 5.61. The summed E-state index contributed by atoms with van der Waals surface area (Å²) in [7, 11) is 0. The fourth-order valence-electron chi connectivity index (χ4n) is 1.94. The summed E-state index contributed by atoms with van der Waals surface area (Å²) < 4.78 is 0. The molecule has 0 atom stereocenters. The number of rotatable bonds is 3. The lowest BCUT2D eigenvalue weighted by Crippen LogP contribution is -1.90. The van der Waals surface area contributed by atoms with Crippen molar-refractivity contribution in [3.05, 3.63) is 46.5 Å². The number of hydrogen-bond donors (Lipinski definition) is 1. The normalized spacial score (nSPS) is 15.2. The number of benzene rings is 1. The molecule has 1 aromatic heterocycles. The number of hydrogen-bond acceptors (Lipinski definition) is 3. The second-order valence-corrected chi connectivity index (χ2v) is 5.26. The Morgan fingerprint density at radius 1 is 1.25 bits per heavy atom. The molecule has 82 valence electrons. The predicted molar refractivity (Wildman–Crippen MR) is 67.7 cm³/mol. The molecule has 3 rings (SSSR count). The van der Waals surface area contributed by atoms with Gasteiger partial charge in [-0.1, -0.05) is 24.3 Å². The highest BCUT2D eigenvalue weighted by Crippen LogP contribution is 2.39. The Bertz CT molecular complexity index is 483. The van der Waals surface area contributed by atoms with Gasteiger partial charge in [-0.25, -0.2) is 4.98 Å². The van der Waals surface area contributed by atoms with Crippen molar-refractivity contribution in [1.29, 1.82) is 0 Å². The Morgan fingerprint density at radius 2 is 2.00 bits per heavy atom. The number of anilines is 1. The minimum atomic E-state index is 0.657. The van der Waals surface area contributed by atoms with Crippen LogP contribution in [-0.2, 0) is 6.42 Å².